The van der Waals surface area contributed by atoms with Gasteiger partial charge in [0.1, 0.15) is 11.3 Å². The van der Waals surface area contributed by atoms with Gasteiger partial charge in [0, 0.05) is 27.9 Å². The highest BCUT2D eigenvalue weighted by Gasteiger charge is 2.18. The second kappa shape index (κ2) is 13.4. The lowest BCUT2D eigenvalue weighted by molar-refractivity contribution is 0.632. The molecule has 0 aliphatic carbocycles. The monoisotopic (exact) mass is 689 g/mol. The molecule has 54 heavy (non-hydrogen) atoms. The molecular weight excluding hydrogens is 655 g/mol. The summed E-state index contributed by atoms with van der Waals surface area (Å²) in [5, 5.41) is 6.18. The number of anilines is 3. The summed E-state index contributed by atoms with van der Waals surface area (Å²) in [7, 11) is 0. The van der Waals surface area contributed by atoms with Gasteiger partial charge in [-0.25, -0.2) is 0 Å². The molecule has 0 fully saturated rings. The predicted molar refractivity (Wildman–Crippen MR) is 228 cm³/mol. The van der Waals surface area contributed by atoms with E-state index in [0.29, 0.717) is 0 Å². The SMILES string of the molecule is c1ccc(-c2ccccc2N(c2ccc(-c3ccc4c(ccc5ccccc54)c3)cc2)c2ccc(-c3ccccc3-c3cc4ccccc4o3)cc2)cc1. The number of rotatable bonds is 7. The second-order valence-corrected chi connectivity index (χ2v) is 13.7. The first-order chi connectivity index (χ1) is 26.8. The van der Waals surface area contributed by atoms with Crippen molar-refractivity contribution in [1.82, 2.24) is 0 Å². The Morgan fingerprint density at radius 2 is 0.870 bits per heavy atom. The minimum Gasteiger partial charge on any atom is -0.456 e. The molecule has 2 nitrogen and oxygen atoms in total. The fourth-order valence-electron chi connectivity index (χ4n) is 7.81. The Labute approximate surface area is 314 Å². The van der Waals surface area contributed by atoms with Crippen LogP contribution in [0.2, 0.25) is 0 Å². The molecule has 0 saturated heterocycles. The van der Waals surface area contributed by atoms with Crippen LogP contribution >= 0.6 is 0 Å². The van der Waals surface area contributed by atoms with E-state index in [0.717, 1.165) is 50.5 Å². The van der Waals surface area contributed by atoms with Crippen LogP contribution in [0.15, 0.2) is 217 Å². The molecule has 254 valence electrons. The average molecular weight is 690 g/mol. The molecule has 0 spiro atoms. The third-order valence-corrected chi connectivity index (χ3v) is 10.5. The maximum absolute atomic E-state index is 6.32. The third kappa shape index (κ3) is 5.71. The van der Waals surface area contributed by atoms with Gasteiger partial charge in [-0.2, -0.15) is 0 Å². The van der Waals surface area contributed by atoms with Crippen LogP contribution in [0.1, 0.15) is 0 Å². The van der Waals surface area contributed by atoms with Gasteiger partial charge in [0.25, 0.3) is 0 Å². The zero-order valence-electron chi connectivity index (χ0n) is 29.6. The Hall–Kier alpha value is -7.16. The molecule has 10 aromatic rings. The van der Waals surface area contributed by atoms with Gasteiger partial charge in [-0.05, 0) is 97.9 Å². The van der Waals surface area contributed by atoms with Gasteiger partial charge in [0.15, 0.2) is 0 Å². The summed E-state index contributed by atoms with van der Waals surface area (Å²) in [6.45, 7) is 0. The van der Waals surface area contributed by atoms with Gasteiger partial charge in [0.2, 0.25) is 0 Å². The van der Waals surface area contributed by atoms with E-state index in [1.165, 1.54) is 43.8 Å². The predicted octanol–water partition coefficient (Wildman–Crippen LogP) is 14.9. The van der Waals surface area contributed by atoms with Gasteiger partial charge in [0.05, 0.1) is 5.69 Å². The number of benzene rings is 9. The average Bonchev–Trinajstić information content (AvgIpc) is 3.69. The van der Waals surface area contributed by atoms with Gasteiger partial charge >= 0.3 is 0 Å². The van der Waals surface area contributed by atoms with E-state index in [1.54, 1.807) is 0 Å². The molecule has 1 heterocycles. The molecule has 0 N–H and O–H groups in total. The van der Waals surface area contributed by atoms with Crippen molar-refractivity contribution in [3.8, 4) is 44.7 Å². The zero-order chi connectivity index (χ0) is 35.8. The van der Waals surface area contributed by atoms with Crippen molar-refractivity contribution in [3.63, 3.8) is 0 Å². The molecule has 0 atom stereocenters. The number of fused-ring (bicyclic) bond motifs is 4. The molecule has 10 rings (SSSR count). The topological polar surface area (TPSA) is 16.4 Å². The quantitative estimate of drug-likeness (QED) is 0.155. The molecule has 0 bridgehead atoms. The molecule has 0 radical (unpaired) electrons. The number of nitrogens with zero attached hydrogens (tertiary/aromatic N) is 1. The van der Waals surface area contributed by atoms with Crippen LogP contribution in [-0.2, 0) is 0 Å². The van der Waals surface area contributed by atoms with Crippen molar-refractivity contribution in [1.29, 1.82) is 0 Å². The van der Waals surface area contributed by atoms with Gasteiger partial charge in [-0.15, -0.1) is 0 Å². The van der Waals surface area contributed by atoms with Crippen molar-refractivity contribution in [3.05, 3.63) is 212 Å². The molecular formula is C52H35NO. The minimum absolute atomic E-state index is 0.870. The van der Waals surface area contributed by atoms with Crippen molar-refractivity contribution in [2.24, 2.45) is 0 Å². The first-order valence-electron chi connectivity index (χ1n) is 18.4. The molecule has 0 aliphatic rings. The number of furan rings is 1. The molecule has 2 heteroatoms. The molecule has 9 aromatic carbocycles. The summed E-state index contributed by atoms with van der Waals surface area (Å²) >= 11 is 0. The van der Waals surface area contributed by atoms with E-state index in [9.17, 15) is 0 Å². The fourth-order valence-corrected chi connectivity index (χ4v) is 7.81. The lowest BCUT2D eigenvalue weighted by Gasteiger charge is -2.28. The Morgan fingerprint density at radius 3 is 1.65 bits per heavy atom. The Balaban J connectivity index is 1.05. The smallest absolute Gasteiger partial charge is 0.136 e. The summed E-state index contributed by atoms with van der Waals surface area (Å²) in [4.78, 5) is 2.37. The van der Waals surface area contributed by atoms with E-state index >= 15 is 0 Å². The molecule has 0 unspecified atom stereocenters. The van der Waals surface area contributed by atoms with Crippen LogP contribution in [0.25, 0.3) is 77.2 Å². The highest BCUT2D eigenvalue weighted by molar-refractivity contribution is 6.08. The molecule has 0 aliphatic heterocycles. The largest absolute Gasteiger partial charge is 0.456 e. The van der Waals surface area contributed by atoms with Crippen LogP contribution in [0.3, 0.4) is 0 Å². The van der Waals surface area contributed by atoms with Crippen LogP contribution in [0.4, 0.5) is 17.1 Å². The maximum atomic E-state index is 6.32. The standard InChI is InChI=1S/C52H35NO/c1-2-12-37(13-3-1)48-18-9-10-20-50(48)53(43-29-24-36(25-30-43)40-28-33-47-41(34-40)23-22-38-14-4-6-16-45(38)47)44-31-26-39(27-32-44)46-17-7-8-19-49(46)52-35-42-15-5-11-21-51(42)54-52/h1-35H. The van der Waals surface area contributed by atoms with Gasteiger partial charge in [-0.3, -0.25) is 0 Å². The number of para-hydroxylation sites is 2. The summed E-state index contributed by atoms with van der Waals surface area (Å²) < 4.78 is 6.32. The summed E-state index contributed by atoms with van der Waals surface area (Å²) in [5.74, 6) is 0.870. The van der Waals surface area contributed by atoms with E-state index in [-0.39, 0.29) is 0 Å². The van der Waals surface area contributed by atoms with Crippen molar-refractivity contribution in [2.75, 3.05) is 4.90 Å². The third-order valence-electron chi connectivity index (χ3n) is 10.5. The number of hydrogen-bond donors (Lipinski definition) is 0. The molecule has 0 saturated carbocycles. The summed E-state index contributed by atoms with van der Waals surface area (Å²) in [6.07, 6.45) is 0. The van der Waals surface area contributed by atoms with Gasteiger partial charge in [-0.1, -0.05) is 164 Å². The fraction of sp³-hybridized carbons (Fsp3) is 0. The molecule has 0 amide bonds. The highest BCUT2D eigenvalue weighted by Crippen LogP contribution is 2.43. The Bertz CT molecular complexity index is 2890. The second-order valence-electron chi connectivity index (χ2n) is 13.7. The van der Waals surface area contributed by atoms with Crippen molar-refractivity contribution < 1.29 is 4.42 Å². The maximum Gasteiger partial charge on any atom is 0.136 e. The Morgan fingerprint density at radius 1 is 0.315 bits per heavy atom. The van der Waals surface area contributed by atoms with Crippen molar-refractivity contribution >= 4 is 49.6 Å². The van der Waals surface area contributed by atoms with E-state index in [4.69, 9.17) is 4.42 Å². The number of hydrogen-bond acceptors (Lipinski definition) is 2. The first-order valence-corrected chi connectivity index (χ1v) is 18.4. The summed E-state index contributed by atoms with van der Waals surface area (Å²) in [5.41, 5.74) is 12.2. The van der Waals surface area contributed by atoms with Crippen LogP contribution in [0.5, 0.6) is 0 Å². The van der Waals surface area contributed by atoms with Crippen LogP contribution < -0.4 is 4.90 Å². The summed E-state index contributed by atoms with van der Waals surface area (Å²) in [6, 6.07) is 75.9. The lowest BCUT2D eigenvalue weighted by Crippen LogP contribution is -2.11. The Kier molecular flexibility index (Phi) is 7.85. The van der Waals surface area contributed by atoms with Gasteiger partial charge < -0.3 is 9.32 Å². The highest BCUT2D eigenvalue weighted by atomic mass is 16.3. The lowest BCUT2D eigenvalue weighted by atomic mass is 9.96. The van der Waals surface area contributed by atoms with Crippen LogP contribution in [-0.4, -0.2) is 0 Å². The minimum atomic E-state index is 0.870. The van der Waals surface area contributed by atoms with Crippen LogP contribution in [0, 0.1) is 0 Å². The zero-order valence-corrected chi connectivity index (χ0v) is 29.6. The van der Waals surface area contributed by atoms with E-state index < -0.39 is 0 Å². The van der Waals surface area contributed by atoms with Crippen molar-refractivity contribution in [2.45, 2.75) is 0 Å². The van der Waals surface area contributed by atoms with E-state index in [1.807, 2.05) is 18.2 Å². The molecule has 1 aromatic heterocycles. The van der Waals surface area contributed by atoms with E-state index in [2.05, 4.69) is 199 Å². The normalized spacial score (nSPS) is 11.3. The first kappa shape index (κ1) is 31.6.